The monoisotopic (exact) mass is 222 g/mol. The van der Waals surface area contributed by atoms with Gasteiger partial charge in [-0.05, 0) is 36.6 Å². The average molecular weight is 222 g/mol. The Labute approximate surface area is 95.7 Å². The maximum atomic E-state index is 6.23. The van der Waals surface area contributed by atoms with E-state index in [4.69, 9.17) is 5.73 Å². The number of hydrogen-bond donors (Lipinski definition) is 1. The smallest absolute Gasteiger partial charge is 0.0300 e. The van der Waals surface area contributed by atoms with Gasteiger partial charge in [-0.25, -0.2) is 0 Å². The van der Waals surface area contributed by atoms with Crippen LogP contribution in [0.25, 0.3) is 0 Å². The summed E-state index contributed by atoms with van der Waals surface area (Å²) in [4.78, 5) is 4.12. The zero-order chi connectivity index (χ0) is 10.5. The molecule has 0 amide bonds. The van der Waals surface area contributed by atoms with Gasteiger partial charge in [0.25, 0.3) is 0 Å². The number of nitrogens with two attached hydrogens (primary N) is 1. The van der Waals surface area contributed by atoms with Crippen molar-refractivity contribution in [2.75, 3.05) is 5.75 Å². The molecule has 0 spiro atoms. The van der Waals surface area contributed by atoms with E-state index in [1.807, 2.05) is 30.2 Å². The van der Waals surface area contributed by atoms with Crippen LogP contribution in [0.15, 0.2) is 24.5 Å². The van der Waals surface area contributed by atoms with Gasteiger partial charge in [-0.2, -0.15) is 11.8 Å². The summed E-state index contributed by atoms with van der Waals surface area (Å²) in [6.07, 6.45) is 8.69. The zero-order valence-electron chi connectivity index (χ0n) is 8.93. The first-order valence-corrected chi connectivity index (χ1v) is 6.67. The van der Waals surface area contributed by atoms with E-state index in [0.717, 1.165) is 6.42 Å². The normalized spacial score (nSPS) is 23.7. The third-order valence-corrected chi connectivity index (χ3v) is 4.42. The molecule has 15 heavy (non-hydrogen) atoms. The fourth-order valence-corrected chi connectivity index (χ4v) is 3.38. The molecule has 0 aliphatic carbocycles. The molecule has 1 aliphatic heterocycles. The first kappa shape index (κ1) is 11.0. The molecule has 1 fully saturated rings. The fraction of sp³-hybridized carbons (Fsp3) is 0.583. The van der Waals surface area contributed by atoms with Crippen molar-refractivity contribution in [1.82, 2.24) is 4.98 Å². The largest absolute Gasteiger partial charge is 0.326 e. The predicted octanol–water partition coefficient (Wildman–Crippen LogP) is 2.24. The van der Waals surface area contributed by atoms with Gasteiger partial charge in [-0.15, -0.1) is 0 Å². The van der Waals surface area contributed by atoms with Gasteiger partial charge in [0.15, 0.2) is 0 Å². The maximum Gasteiger partial charge on any atom is 0.0300 e. The average Bonchev–Trinajstić information content (AvgIpc) is 2.31. The van der Waals surface area contributed by atoms with Crippen molar-refractivity contribution in [2.24, 2.45) is 5.73 Å². The Balaban J connectivity index is 1.88. The Morgan fingerprint density at radius 3 is 3.13 bits per heavy atom. The fourth-order valence-electron chi connectivity index (χ4n) is 2.03. The molecule has 82 valence electrons. The van der Waals surface area contributed by atoms with E-state index in [0.29, 0.717) is 11.3 Å². The Bertz CT molecular complexity index is 283. The third-order valence-electron chi connectivity index (χ3n) is 2.89. The minimum absolute atomic E-state index is 0.291. The minimum Gasteiger partial charge on any atom is -0.326 e. The van der Waals surface area contributed by atoms with Gasteiger partial charge in [-0.1, -0.05) is 12.5 Å². The van der Waals surface area contributed by atoms with Crippen LogP contribution in [0.1, 0.15) is 24.8 Å². The van der Waals surface area contributed by atoms with E-state index in [-0.39, 0.29) is 0 Å². The van der Waals surface area contributed by atoms with Crippen molar-refractivity contribution >= 4 is 11.8 Å². The molecule has 2 unspecified atom stereocenters. The van der Waals surface area contributed by atoms with Gasteiger partial charge in [0.05, 0.1) is 0 Å². The van der Waals surface area contributed by atoms with Crippen LogP contribution in [-0.2, 0) is 6.42 Å². The molecule has 2 heterocycles. The van der Waals surface area contributed by atoms with E-state index in [2.05, 4.69) is 11.1 Å². The molecule has 2 rings (SSSR count). The van der Waals surface area contributed by atoms with Gasteiger partial charge >= 0.3 is 0 Å². The number of rotatable bonds is 3. The summed E-state index contributed by atoms with van der Waals surface area (Å²) in [7, 11) is 0. The molecule has 1 saturated heterocycles. The van der Waals surface area contributed by atoms with Crippen LogP contribution in [0.4, 0.5) is 0 Å². The molecule has 0 radical (unpaired) electrons. The number of nitrogens with zero attached hydrogens (tertiary/aromatic N) is 1. The highest BCUT2D eigenvalue weighted by atomic mass is 32.2. The standard InChI is InChI=1S/C12H18N2S/c13-11(12-5-1-2-7-15-12)8-10-4-3-6-14-9-10/h3-4,6,9,11-12H,1-2,5,7-8,13H2. The van der Waals surface area contributed by atoms with Gasteiger partial charge in [0, 0.05) is 23.7 Å². The van der Waals surface area contributed by atoms with Crippen molar-refractivity contribution in [3.8, 4) is 0 Å². The van der Waals surface area contributed by atoms with Gasteiger partial charge in [0.2, 0.25) is 0 Å². The predicted molar refractivity (Wildman–Crippen MR) is 66.0 cm³/mol. The lowest BCUT2D eigenvalue weighted by atomic mass is 10.0. The summed E-state index contributed by atoms with van der Waals surface area (Å²) >= 11 is 2.05. The highest BCUT2D eigenvalue weighted by Crippen LogP contribution is 2.27. The van der Waals surface area contributed by atoms with Crippen LogP contribution in [0.3, 0.4) is 0 Å². The van der Waals surface area contributed by atoms with E-state index >= 15 is 0 Å². The molecule has 1 aromatic rings. The topological polar surface area (TPSA) is 38.9 Å². The summed E-state index contributed by atoms with van der Waals surface area (Å²) in [6, 6.07) is 4.38. The second-order valence-corrected chi connectivity index (χ2v) is 5.48. The minimum atomic E-state index is 0.291. The van der Waals surface area contributed by atoms with Crippen LogP contribution < -0.4 is 5.73 Å². The maximum absolute atomic E-state index is 6.23. The highest BCUT2D eigenvalue weighted by Gasteiger charge is 2.21. The van der Waals surface area contributed by atoms with Crippen LogP contribution in [0.5, 0.6) is 0 Å². The van der Waals surface area contributed by atoms with Crippen LogP contribution in [0.2, 0.25) is 0 Å². The van der Waals surface area contributed by atoms with E-state index < -0.39 is 0 Å². The Morgan fingerprint density at radius 2 is 2.47 bits per heavy atom. The second-order valence-electron chi connectivity index (χ2n) is 4.13. The SMILES string of the molecule is NC(Cc1cccnc1)C1CCCCS1. The molecular formula is C12H18N2S. The van der Waals surface area contributed by atoms with E-state index in [9.17, 15) is 0 Å². The number of thioether (sulfide) groups is 1. The number of pyridine rings is 1. The zero-order valence-corrected chi connectivity index (χ0v) is 9.75. The molecule has 2 N–H and O–H groups in total. The third kappa shape index (κ3) is 3.21. The summed E-state index contributed by atoms with van der Waals surface area (Å²) in [6.45, 7) is 0. The molecule has 2 atom stereocenters. The molecule has 1 aliphatic rings. The highest BCUT2D eigenvalue weighted by molar-refractivity contribution is 8.00. The second kappa shape index (κ2) is 5.52. The first-order valence-electron chi connectivity index (χ1n) is 5.62. The van der Waals surface area contributed by atoms with E-state index in [1.165, 1.54) is 30.6 Å². The summed E-state index contributed by atoms with van der Waals surface area (Å²) in [5, 5.41) is 0.652. The van der Waals surface area contributed by atoms with Crippen LogP contribution >= 0.6 is 11.8 Å². The molecule has 2 nitrogen and oxygen atoms in total. The van der Waals surface area contributed by atoms with Crippen molar-refractivity contribution < 1.29 is 0 Å². The summed E-state index contributed by atoms with van der Waals surface area (Å²) in [5.41, 5.74) is 7.49. The number of aromatic nitrogens is 1. The van der Waals surface area contributed by atoms with Crippen molar-refractivity contribution in [1.29, 1.82) is 0 Å². The first-order chi connectivity index (χ1) is 7.36. The lowest BCUT2D eigenvalue weighted by molar-refractivity contribution is 0.559. The summed E-state index contributed by atoms with van der Waals surface area (Å²) < 4.78 is 0. The molecule has 1 aromatic heterocycles. The molecule has 0 aromatic carbocycles. The molecule has 0 saturated carbocycles. The lowest BCUT2D eigenvalue weighted by Crippen LogP contribution is -2.36. The molecule has 0 bridgehead atoms. The van der Waals surface area contributed by atoms with Gasteiger partial charge in [-0.3, -0.25) is 4.98 Å². The molecular weight excluding hydrogens is 204 g/mol. The quantitative estimate of drug-likeness (QED) is 0.852. The summed E-state index contributed by atoms with van der Waals surface area (Å²) in [5.74, 6) is 1.28. The molecule has 3 heteroatoms. The lowest BCUT2D eigenvalue weighted by Gasteiger charge is -2.26. The van der Waals surface area contributed by atoms with Crippen molar-refractivity contribution in [2.45, 2.75) is 37.0 Å². The number of hydrogen-bond acceptors (Lipinski definition) is 3. The Kier molecular flexibility index (Phi) is 4.03. The van der Waals surface area contributed by atoms with Gasteiger partial charge < -0.3 is 5.73 Å². The van der Waals surface area contributed by atoms with E-state index in [1.54, 1.807) is 0 Å². The van der Waals surface area contributed by atoms with Crippen LogP contribution in [-0.4, -0.2) is 22.0 Å². The Morgan fingerprint density at radius 1 is 1.53 bits per heavy atom. The van der Waals surface area contributed by atoms with Crippen molar-refractivity contribution in [3.63, 3.8) is 0 Å². The Hall–Kier alpha value is -0.540. The van der Waals surface area contributed by atoms with Crippen LogP contribution in [0, 0.1) is 0 Å². The van der Waals surface area contributed by atoms with Gasteiger partial charge in [0.1, 0.15) is 0 Å². The van der Waals surface area contributed by atoms with Crippen molar-refractivity contribution in [3.05, 3.63) is 30.1 Å².